The first-order valence-electron chi connectivity index (χ1n) is 8.65. The highest BCUT2D eigenvalue weighted by Gasteiger charge is 2.15. The average molecular weight is 395 g/mol. The van der Waals surface area contributed by atoms with E-state index in [0.29, 0.717) is 22.0 Å². The van der Waals surface area contributed by atoms with Crippen LogP contribution < -0.4 is 10.1 Å². The largest absolute Gasteiger partial charge is 0.457 e. The van der Waals surface area contributed by atoms with Crippen molar-refractivity contribution < 1.29 is 14.3 Å². The quantitative estimate of drug-likeness (QED) is 0.650. The van der Waals surface area contributed by atoms with Crippen molar-refractivity contribution >= 4 is 29.1 Å². The molecule has 0 spiro atoms. The van der Waals surface area contributed by atoms with Gasteiger partial charge in [-0.25, -0.2) is 0 Å². The number of rotatable bonds is 6. The SMILES string of the molecule is CN(CC(=O)Nc1ccc(Cl)cc1)C(=O)c1ccc(Oc2ccccc2)cc1. The predicted molar refractivity (Wildman–Crippen MR) is 110 cm³/mol. The normalized spacial score (nSPS) is 10.2. The lowest BCUT2D eigenvalue weighted by molar-refractivity contribution is -0.116. The molecule has 0 bridgehead atoms. The number of likely N-dealkylation sites (N-methyl/N-ethyl adjacent to an activating group) is 1. The Labute approximate surface area is 168 Å². The van der Waals surface area contributed by atoms with Gasteiger partial charge in [0, 0.05) is 23.3 Å². The fourth-order valence-corrected chi connectivity index (χ4v) is 2.66. The molecule has 1 N–H and O–H groups in total. The number of nitrogens with zero attached hydrogens (tertiary/aromatic N) is 1. The lowest BCUT2D eigenvalue weighted by atomic mass is 10.2. The van der Waals surface area contributed by atoms with E-state index < -0.39 is 0 Å². The fraction of sp³-hybridized carbons (Fsp3) is 0.0909. The first-order chi connectivity index (χ1) is 13.5. The maximum atomic E-state index is 12.5. The van der Waals surface area contributed by atoms with E-state index in [4.69, 9.17) is 16.3 Å². The third-order valence-electron chi connectivity index (χ3n) is 3.94. The van der Waals surface area contributed by atoms with Crippen LogP contribution in [0.1, 0.15) is 10.4 Å². The topological polar surface area (TPSA) is 58.6 Å². The van der Waals surface area contributed by atoms with Crippen LogP contribution in [0.25, 0.3) is 0 Å². The second-order valence-corrected chi connectivity index (χ2v) is 6.59. The molecule has 0 aliphatic rings. The number of carbonyl (C=O) groups excluding carboxylic acids is 2. The number of ether oxygens (including phenoxy) is 1. The summed E-state index contributed by atoms with van der Waals surface area (Å²) in [6.45, 7) is -0.0657. The summed E-state index contributed by atoms with van der Waals surface area (Å²) in [7, 11) is 1.58. The number of anilines is 1. The van der Waals surface area contributed by atoms with Gasteiger partial charge in [0.15, 0.2) is 0 Å². The lowest BCUT2D eigenvalue weighted by Gasteiger charge is -2.17. The van der Waals surface area contributed by atoms with E-state index in [9.17, 15) is 9.59 Å². The number of nitrogens with one attached hydrogen (secondary N) is 1. The fourth-order valence-electron chi connectivity index (χ4n) is 2.53. The molecule has 3 rings (SSSR count). The van der Waals surface area contributed by atoms with Crippen LogP contribution >= 0.6 is 11.6 Å². The van der Waals surface area contributed by atoms with E-state index in [1.165, 1.54) is 4.90 Å². The van der Waals surface area contributed by atoms with E-state index in [2.05, 4.69) is 5.32 Å². The summed E-state index contributed by atoms with van der Waals surface area (Å²) < 4.78 is 5.71. The van der Waals surface area contributed by atoms with Gasteiger partial charge in [0.25, 0.3) is 5.91 Å². The molecule has 28 heavy (non-hydrogen) atoms. The first kappa shape index (κ1) is 19.5. The number of carbonyl (C=O) groups is 2. The maximum Gasteiger partial charge on any atom is 0.254 e. The highest BCUT2D eigenvalue weighted by Crippen LogP contribution is 2.21. The molecule has 6 heteroatoms. The summed E-state index contributed by atoms with van der Waals surface area (Å²) in [5, 5.41) is 3.32. The Morgan fingerprint density at radius 3 is 2.14 bits per heavy atom. The molecule has 0 saturated heterocycles. The molecule has 0 saturated carbocycles. The van der Waals surface area contributed by atoms with Crippen molar-refractivity contribution in [2.75, 3.05) is 18.9 Å². The van der Waals surface area contributed by atoms with Crippen molar-refractivity contribution in [3.8, 4) is 11.5 Å². The molecule has 0 unspecified atom stereocenters. The van der Waals surface area contributed by atoms with Gasteiger partial charge in [-0.1, -0.05) is 29.8 Å². The Morgan fingerprint density at radius 1 is 0.893 bits per heavy atom. The van der Waals surface area contributed by atoms with Gasteiger partial charge in [-0.05, 0) is 60.7 Å². The highest BCUT2D eigenvalue weighted by atomic mass is 35.5. The Morgan fingerprint density at radius 2 is 1.50 bits per heavy atom. The van der Waals surface area contributed by atoms with Crippen LogP contribution in [0, 0.1) is 0 Å². The van der Waals surface area contributed by atoms with Crippen molar-refractivity contribution in [1.29, 1.82) is 0 Å². The van der Waals surface area contributed by atoms with E-state index in [0.717, 1.165) is 5.75 Å². The van der Waals surface area contributed by atoms with Crippen LogP contribution in [-0.4, -0.2) is 30.3 Å². The van der Waals surface area contributed by atoms with Gasteiger partial charge in [-0.15, -0.1) is 0 Å². The molecule has 0 aliphatic carbocycles. The van der Waals surface area contributed by atoms with Crippen molar-refractivity contribution in [2.24, 2.45) is 0 Å². The molecule has 0 heterocycles. The number of hydrogen-bond donors (Lipinski definition) is 1. The predicted octanol–water partition coefficient (Wildman–Crippen LogP) is 4.84. The molecule has 0 atom stereocenters. The molecule has 0 fully saturated rings. The van der Waals surface area contributed by atoms with Gasteiger partial charge >= 0.3 is 0 Å². The summed E-state index contributed by atoms with van der Waals surface area (Å²) in [5.41, 5.74) is 1.10. The number of halogens is 1. The van der Waals surface area contributed by atoms with Crippen LogP contribution in [0.5, 0.6) is 11.5 Å². The number of para-hydroxylation sites is 1. The zero-order chi connectivity index (χ0) is 19.9. The van der Waals surface area contributed by atoms with Crippen molar-refractivity contribution in [2.45, 2.75) is 0 Å². The monoisotopic (exact) mass is 394 g/mol. The van der Waals surface area contributed by atoms with Gasteiger partial charge in [0.1, 0.15) is 11.5 Å². The molecule has 0 radical (unpaired) electrons. The molecular weight excluding hydrogens is 376 g/mol. The molecule has 3 aromatic carbocycles. The molecular formula is C22H19ClN2O3. The number of amides is 2. The molecule has 142 valence electrons. The van der Waals surface area contributed by atoms with E-state index >= 15 is 0 Å². The lowest BCUT2D eigenvalue weighted by Crippen LogP contribution is -2.34. The Bertz CT molecular complexity index is 942. The smallest absolute Gasteiger partial charge is 0.254 e. The Kier molecular flexibility index (Phi) is 6.29. The van der Waals surface area contributed by atoms with Crippen LogP contribution in [0.15, 0.2) is 78.9 Å². The number of benzene rings is 3. The van der Waals surface area contributed by atoms with Crippen molar-refractivity contribution in [1.82, 2.24) is 4.90 Å². The van der Waals surface area contributed by atoms with Gasteiger partial charge in [-0.3, -0.25) is 9.59 Å². The first-order valence-corrected chi connectivity index (χ1v) is 9.03. The third-order valence-corrected chi connectivity index (χ3v) is 4.19. The summed E-state index contributed by atoms with van der Waals surface area (Å²) in [4.78, 5) is 26.0. The van der Waals surface area contributed by atoms with Crippen LogP contribution in [0.2, 0.25) is 5.02 Å². The molecule has 2 amide bonds. The zero-order valence-corrected chi connectivity index (χ0v) is 16.0. The zero-order valence-electron chi connectivity index (χ0n) is 15.3. The minimum Gasteiger partial charge on any atom is -0.457 e. The standard InChI is InChI=1S/C22H19ClN2O3/c1-25(15-21(26)24-18-11-9-17(23)10-12-18)22(27)16-7-13-20(14-8-16)28-19-5-3-2-4-6-19/h2-14H,15H2,1H3,(H,24,26). The summed E-state index contributed by atoms with van der Waals surface area (Å²) in [5.74, 6) is 0.808. The third kappa shape index (κ3) is 5.34. The maximum absolute atomic E-state index is 12.5. The minimum atomic E-state index is -0.290. The van der Waals surface area contributed by atoms with Crippen molar-refractivity contribution in [3.63, 3.8) is 0 Å². The second-order valence-electron chi connectivity index (χ2n) is 6.16. The van der Waals surface area contributed by atoms with Gasteiger partial charge in [0.05, 0.1) is 6.54 Å². The van der Waals surface area contributed by atoms with E-state index in [1.54, 1.807) is 55.6 Å². The highest BCUT2D eigenvalue weighted by molar-refractivity contribution is 6.30. The molecule has 0 aliphatic heterocycles. The average Bonchev–Trinajstić information content (AvgIpc) is 2.70. The second kappa shape index (κ2) is 9.06. The van der Waals surface area contributed by atoms with Crippen LogP contribution in [0.3, 0.4) is 0 Å². The van der Waals surface area contributed by atoms with Crippen LogP contribution in [-0.2, 0) is 4.79 Å². The van der Waals surface area contributed by atoms with Gasteiger partial charge in [-0.2, -0.15) is 0 Å². The van der Waals surface area contributed by atoms with E-state index in [-0.39, 0.29) is 18.4 Å². The minimum absolute atomic E-state index is 0.0657. The number of hydrogen-bond acceptors (Lipinski definition) is 3. The van der Waals surface area contributed by atoms with Gasteiger partial charge < -0.3 is 15.0 Å². The molecule has 5 nitrogen and oxygen atoms in total. The van der Waals surface area contributed by atoms with Crippen molar-refractivity contribution in [3.05, 3.63) is 89.4 Å². The van der Waals surface area contributed by atoms with Crippen LogP contribution in [0.4, 0.5) is 5.69 Å². The molecule has 3 aromatic rings. The summed E-state index contributed by atoms with van der Waals surface area (Å²) >= 11 is 5.82. The molecule has 0 aromatic heterocycles. The summed E-state index contributed by atoms with van der Waals surface area (Å²) in [6.07, 6.45) is 0. The Balaban J connectivity index is 1.56. The Hall–Kier alpha value is -3.31. The van der Waals surface area contributed by atoms with Gasteiger partial charge in [0.2, 0.25) is 5.91 Å². The summed E-state index contributed by atoms with van der Waals surface area (Å²) in [6, 6.07) is 23.0. The van der Waals surface area contributed by atoms with E-state index in [1.807, 2.05) is 30.3 Å².